The Labute approximate surface area is 189 Å². The maximum absolute atomic E-state index is 12.0. The first-order valence-electron chi connectivity index (χ1n) is 7.66. The summed E-state index contributed by atoms with van der Waals surface area (Å²) < 4.78 is 13.8. The summed E-state index contributed by atoms with van der Waals surface area (Å²) in [6.45, 7) is 6.45. The SMILES string of the molecule is BC(C)(C)C(=O)OCC(C)(COC(=O)C(B)(Br)Br)COC(=O)C(C)(Br)Br. The van der Waals surface area contributed by atoms with Crippen molar-refractivity contribution < 1.29 is 28.6 Å². The van der Waals surface area contributed by atoms with Crippen LogP contribution in [0, 0.1) is 5.41 Å². The van der Waals surface area contributed by atoms with Crippen molar-refractivity contribution in [3.63, 3.8) is 0 Å². The Morgan fingerprint density at radius 2 is 1.08 bits per heavy atom. The van der Waals surface area contributed by atoms with Crippen LogP contribution in [0.2, 0.25) is 5.31 Å². The fraction of sp³-hybridized carbons (Fsp3) is 0.786. The highest BCUT2D eigenvalue weighted by Crippen LogP contribution is 2.30. The fourth-order valence-corrected chi connectivity index (χ4v) is 1.77. The van der Waals surface area contributed by atoms with Gasteiger partial charge in [-0.05, 0) is 13.8 Å². The van der Waals surface area contributed by atoms with Crippen LogP contribution in [-0.4, -0.2) is 59.8 Å². The van der Waals surface area contributed by atoms with Gasteiger partial charge in [0.1, 0.15) is 30.8 Å². The molecular formula is C14H22B2Br4O6. The summed E-state index contributed by atoms with van der Waals surface area (Å²) in [6, 6.07) is 0. The van der Waals surface area contributed by atoms with Crippen LogP contribution in [0.15, 0.2) is 0 Å². The zero-order valence-electron chi connectivity index (χ0n) is 15.6. The molecule has 0 rings (SSSR count). The third kappa shape index (κ3) is 10.1. The van der Waals surface area contributed by atoms with Crippen LogP contribution in [-0.2, 0) is 28.6 Å². The predicted octanol–water partition coefficient (Wildman–Crippen LogP) is 2.04. The maximum Gasteiger partial charge on any atom is 0.333 e. The Kier molecular flexibility index (Phi) is 9.96. The molecule has 0 aliphatic heterocycles. The van der Waals surface area contributed by atoms with Crippen LogP contribution in [0.3, 0.4) is 0 Å². The zero-order chi connectivity index (χ0) is 21.0. The highest BCUT2D eigenvalue weighted by Gasteiger charge is 2.37. The molecule has 0 saturated heterocycles. The molecule has 0 aliphatic rings. The molecular weight excluding hydrogens is 605 g/mol. The minimum absolute atomic E-state index is 0.0771. The van der Waals surface area contributed by atoms with Crippen molar-refractivity contribution in [2.75, 3.05) is 19.8 Å². The number of carbonyl (C=O) groups is 3. The minimum Gasteiger partial charge on any atom is -0.465 e. The molecule has 1 atom stereocenters. The number of hydrogen-bond acceptors (Lipinski definition) is 6. The number of ether oxygens (including phenoxy) is 3. The van der Waals surface area contributed by atoms with Crippen molar-refractivity contribution in [3.8, 4) is 0 Å². The quantitative estimate of drug-likeness (QED) is 0.169. The second kappa shape index (κ2) is 9.78. The standard InChI is InChI=1S/C14H22B2Br4O6/c1-11(2,15)8(21)24-5-12(3,6-25-9(22)13(4,17)18)7-26-10(23)14(16,19)20/h5-7,15-16H2,1-4H3. The van der Waals surface area contributed by atoms with Gasteiger partial charge in [0, 0.05) is 5.31 Å². The van der Waals surface area contributed by atoms with Crippen LogP contribution in [0.1, 0.15) is 27.7 Å². The topological polar surface area (TPSA) is 78.9 Å². The molecule has 0 heterocycles. The molecule has 0 aromatic rings. The van der Waals surface area contributed by atoms with E-state index in [0.717, 1.165) is 0 Å². The first-order chi connectivity index (χ1) is 11.4. The monoisotopic (exact) mass is 624 g/mol. The normalized spacial score (nSPS) is 14.9. The molecule has 1 unspecified atom stereocenters. The van der Waals surface area contributed by atoms with Gasteiger partial charge in [0.25, 0.3) is 0 Å². The van der Waals surface area contributed by atoms with Gasteiger partial charge in [-0.15, -0.1) is 0 Å². The lowest BCUT2D eigenvalue weighted by atomic mass is 9.73. The summed E-state index contributed by atoms with van der Waals surface area (Å²) in [5.41, 5.74) is -0.914. The Morgan fingerprint density at radius 1 is 0.731 bits per heavy atom. The van der Waals surface area contributed by atoms with Gasteiger partial charge in [-0.1, -0.05) is 77.6 Å². The molecule has 0 fully saturated rings. The molecule has 0 spiro atoms. The third-order valence-corrected chi connectivity index (χ3v) is 4.28. The molecule has 26 heavy (non-hydrogen) atoms. The van der Waals surface area contributed by atoms with Gasteiger partial charge in [-0.3, -0.25) is 9.59 Å². The van der Waals surface area contributed by atoms with Crippen LogP contribution < -0.4 is 0 Å². The van der Waals surface area contributed by atoms with Gasteiger partial charge in [0.15, 0.2) is 11.1 Å². The van der Waals surface area contributed by atoms with Crippen molar-refractivity contribution in [3.05, 3.63) is 0 Å². The van der Waals surface area contributed by atoms with Gasteiger partial charge < -0.3 is 14.2 Å². The predicted molar refractivity (Wildman–Crippen MR) is 119 cm³/mol. The first kappa shape index (κ1) is 26.5. The van der Waals surface area contributed by atoms with E-state index < -0.39 is 35.0 Å². The number of hydrogen-bond donors (Lipinski definition) is 0. The van der Waals surface area contributed by atoms with E-state index in [1.54, 1.807) is 43.4 Å². The number of halogens is 4. The van der Waals surface area contributed by atoms with Crippen molar-refractivity contribution >= 4 is 97.3 Å². The summed E-state index contributed by atoms with van der Waals surface area (Å²) in [5, 5.41) is -0.678. The minimum atomic E-state index is -1.04. The molecule has 0 amide bonds. The lowest BCUT2D eigenvalue weighted by Crippen LogP contribution is -2.41. The zero-order valence-corrected chi connectivity index (χ0v) is 21.9. The molecule has 0 aromatic heterocycles. The highest BCUT2D eigenvalue weighted by atomic mass is 79.9. The van der Waals surface area contributed by atoms with Gasteiger partial charge in [0.05, 0.1) is 5.41 Å². The number of alkyl halides is 4. The van der Waals surface area contributed by atoms with E-state index in [1.807, 2.05) is 0 Å². The van der Waals surface area contributed by atoms with E-state index in [1.165, 1.54) is 0 Å². The van der Waals surface area contributed by atoms with E-state index >= 15 is 0 Å². The van der Waals surface area contributed by atoms with Crippen molar-refractivity contribution in [2.24, 2.45) is 5.41 Å². The largest absolute Gasteiger partial charge is 0.465 e. The van der Waals surface area contributed by atoms with E-state index in [-0.39, 0.29) is 19.8 Å². The molecule has 0 aromatic carbocycles. The first-order valence-corrected chi connectivity index (χ1v) is 10.8. The lowest BCUT2D eigenvalue weighted by Gasteiger charge is -2.31. The van der Waals surface area contributed by atoms with Crippen LogP contribution in [0.25, 0.3) is 0 Å². The molecule has 0 bridgehead atoms. The van der Waals surface area contributed by atoms with Gasteiger partial charge in [0.2, 0.25) is 0 Å². The van der Waals surface area contributed by atoms with E-state index in [9.17, 15) is 14.4 Å². The molecule has 0 N–H and O–H groups in total. The maximum atomic E-state index is 12.0. The Balaban J connectivity index is 5.10. The number of esters is 3. The van der Waals surface area contributed by atoms with Crippen LogP contribution in [0.4, 0.5) is 0 Å². The Morgan fingerprint density at radius 3 is 1.38 bits per heavy atom. The van der Waals surface area contributed by atoms with Gasteiger partial charge in [-0.2, -0.15) is 0 Å². The Bertz CT molecular complexity index is 463. The van der Waals surface area contributed by atoms with Crippen LogP contribution in [0.5, 0.6) is 0 Å². The highest BCUT2D eigenvalue weighted by molar-refractivity contribution is 9.26. The molecule has 6 nitrogen and oxygen atoms in total. The number of rotatable bonds is 9. The molecule has 12 heteroatoms. The summed E-state index contributed by atoms with van der Waals surface area (Å²) in [7, 11) is 3.31. The van der Waals surface area contributed by atoms with Crippen molar-refractivity contribution in [2.45, 2.75) is 39.4 Å². The van der Waals surface area contributed by atoms with Crippen LogP contribution >= 0.6 is 63.7 Å². The van der Waals surface area contributed by atoms with Crippen molar-refractivity contribution in [1.82, 2.24) is 0 Å². The lowest BCUT2D eigenvalue weighted by molar-refractivity contribution is -0.161. The van der Waals surface area contributed by atoms with Crippen molar-refractivity contribution in [1.29, 1.82) is 0 Å². The molecule has 0 saturated carbocycles. The van der Waals surface area contributed by atoms with Gasteiger partial charge >= 0.3 is 17.9 Å². The molecule has 148 valence electrons. The smallest absolute Gasteiger partial charge is 0.333 e. The third-order valence-electron chi connectivity index (χ3n) is 2.98. The second-order valence-electron chi connectivity index (χ2n) is 7.57. The summed E-state index contributed by atoms with van der Waals surface area (Å²) in [4.78, 5) is 36.0. The Hall–Kier alpha value is 0.460. The average Bonchev–Trinajstić information content (AvgIpc) is 2.45. The second-order valence-corrected chi connectivity index (χ2v) is 16.0. The summed E-state index contributed by atoms with van der Waals surface area (Å²) in [6.07, 6.45) is 0. The van der Waals surface area contributed by atoms with Gasteiger partial charge in [-0.25, -0.2) is 4.79 Å². The summed E-state index contributed by atoms with van der Waals surface area (Å²) in [5.74, 6) is -1.51. The average molecular weight is 628 g/mol. The number of carbonyl (C=O) groups excluding carboxylic acids is 3. The van der Waals surface area contributed by atoms with E-state index in [4.69, 9.17) is 14.2 Å². The van der Waals surface area contributed by atoms with E-state index in [2.05, 4.69) is 63.7 Å². The summed E-state index contributed by atoms with van der Waals surface area (Å²) >= 11 is 12.6. The molecule has 0 radical (unpaired) electrons. The van der Waals surface area contributed by atoms with E-state index in [0.29, 0.717) is 0 Å². The fourth-order valence-electron chi connectivity index (χ4n) is 1.31. The molecule has 0 aliphatic carbocycles.